The van der Waals surface area contributed by atoms with E-state index in [1.165, 1.54) is 0 Å². The third kappa shape index (κ3) is 2.03. The van der Waals surface area contributed by atoms with E-state index in [1.54, 1.807) is 0 Å². The summed E-state index contributed by atoms with van der Waals surface area (Å²) in [4.78, 5) is 0. The minimum absolute atomic E-state index is 0.0231. The summed E-state index contributed by atoms with van der Waals surface area (Å²) in [5, 5.41) is 9.89. The second-order valence-corrected chi connectivity index (χ2v) is 4.77. The molecule has 13 heavy (non-hydrogen) atoms. The molecule has 0 aromatic rings. The predicted octanol–water partition coefficient (Wildman–Crippen LogP) is 0.314. The second kappa shape index (κ2) is 3.95. The van der Waals surface area contributed by atoms with Crippen molar-refractivity contribution in [2.45, 2.75) is 45.4 Å². The lowest BCUT2D eigenvalue weighted by Crippen LogP contribution is -2.47. The van der Waals surface area contributed by atoms with Gasteiger partial charge in [0.25, 0.3) is 0 Å². The minimum atomic E-state index is -0.313. The van der Waals surface area contributed by atoms with Crippen molar-refractivity contribution in [1.29, 1.82) is 0 Å². The zero-order valence-corrected chi connectivity index (χ0v) is 8.77. The molecule has 5 N–H and O–H groups in total. The molecular formula is C10H22N2O. The van der Waals surface area contributed by atoms with Gasteiger partial charge in [0.2, 0.25) is 0 Å². The summed E-state index contributed by atoms with van der Waals surface area (Å²) in [6.07, 6.45) is 0.582. The van der Waals surface area contributed by atoms with Gasteiger partial charge in [-0.1, -0.05) is 20.8 Å². The summed E-state index contributed by atoms with van der Waals surface area (Å²) in [5.74, 6) is 0.760. The summed E-state index contributed by atoms with van der Waals surface area (Å²) >= 11 is 0. The Balaban J connectivity index is 2.68. The van der Waals surface area contributed by atoms with Gasteiger partial charge in [0.15, 0.2) is 0 Å². The molecule has 0 aliphatic heterocycles. The highest BCUT2D eigenvalue weighted by atomic mass is 16.3. The van der Waals surface area contributed by atoms with E-state index in [-0.39, 0.29) is 24.1 Å². The summed E-state index contributed by atoms with van der Waals surface area (Å²) in [6.45, 7) is 6.19. The van der Waals surface area contributed by atoms with Gasteiger partial charge in [0.05, 0.1) is 6.10 Å². The van der Waals surface area contributed by atoms with Crippen molar-refractivity contribution >= 4 is 0 Å². The van der Waals surface area contributed by atoms with Crippen LogP contribution in [-0.4, -0.2) is 23.3 Å². The van der Waals surface area contributed by atoms with Gasteiger partial charge in [-0.25, -0.2) is 0 Å². The van der Waals surface area contributed by atoms with Gasteiger partial charge < -0.3 is 16.6 Å². The van der Waals surface area contributed by atoms with E-state index in [9.17, 15) is 5.11 Å². The normalized spacial score (nSPS) is 42.7. The summed E-state index contributed by atoms with van der Waals surface area (Å²) < 4.78 is 0. The van der Waals surface area contributed by atoms with Gasteiger partial charge in [-0.05, 0) is 18.3 Å². The van der Waals surface area contributed by atoms with E-state index in [2.05, 4.69) is 13.8 Å². The fourth-order valence-corrected chi connectivity index (χ4v) is 2.32. The van der Waals surface area contributed by atoms with Gasteiger partial charge in [-0.15, -0.1) is 0 Å². The van der Waals surface area contributed by atoms with E-state index in [0.29, 0.717) is 11.8 Å². The standard InChI is InChI=1S/C10H22N2O/c1-5(2)9(12)8-7(11)4-6(3)10(8)13/h5-10,13H,4,11-12H2,1-3H3. The first kappa shape index (κ1) is 11.0. The van der Waals surface area contributed by atoms with Crippen LogP contribution in [0.3, 0.4) is 0 Å². The fourth-order valence-electron chi connectivity index (χ4n) is 2.32. The second-order valence-electron chi connectivity index (χ2n) is 4.77. The molecule has 0 bridgehead atoms. The van der Waals surface area contributed by atoms with E-state index >= 15 is 0 Å². The molecule has 1 rings (SSSR count). The van der Waals surface area contributed by atoms with Crippen molar-refractivity contribution in [3.8, 4) is 0 Å². The smallest absolute Gasteiger partial charge is 0.0624 e. The van der Waals surface area contributed by atoms with Gasteiger partial charge in [0, 0.05) is 18.0 Å². The first-order valence-corrected chi connectivity index (χ1v) is 5.14. The van der Waals surface area contributed by atoms with Crippen LogP contribution in [0.2, 0.25) is 0 Å². The Hall–Kier alpha value is -0.120. The lowest BCUT2D eigenvalue weighted by molar-refractivity contribution is 0.0744. The Morgan fingerprint density at radius 2 is 1.92 bits per heavy atom. The molecule has 5 atom stereocenters. The average Bonchev–Trinajstić information content (AvgIpc) is 2.26. The minimum Gasteiger partial charge on any atom is -0.392 e. The Morgan fingerprint density at radius 3 is 2.23 bits per heavy atom. The maximum Gasteiger partial charge on any atom is 0.0624 e. The molecule has 3 nitrogen and oxygen atoms in total. The molecule has 78 valence electrons. The van der Waals surface area contributed by atoms with Crippen LogP contribution in [0.25, 0.3) is 0 Å². The molecule has 0 heterocycles. The van der Waals surface area contributed by atoms with E-state index in [4.69, 9.17) is 11.5 Å². The lowest BCUT2D eigenvalue weighted by Gasteiger charge is -2.29. The molecule has 0 spiro atoms. The van der Waals surface area contributed by atoms with Gasteiger partial charge in [-0.3, -0.25) is 0 Å². The average molecular weight is 186 g/mol. The molecule has 3 heteroatoms. The Labute approximate surface area is 80.5 Å². The molecular weight excluding hydrogens is 164 g/mol. The van der Waals surface area contributed by atoms with Crippen LogP contribution < -0.4 is 11.5 Å². The molecule has 0 aromatic carbocycles. The Bertz CT molecular complexity index is 172. The Kier molecular flexibility index (Phi) is 3.33. The lowest BCUT2D eigenvalue weighted by atomic mass is 9.86. The molecule has 1 aliphatic rings. The van der Waals surface area contributed by atoms with Crippen LogP contribution in [0.5, 0.6) is 0 Å². The first-order valence-electron chi connectivity index (χ1n) is 5.14. The molecule has 0 aromatic heterocycles. The highest BCUT2D eigenvalue weighted by molar-refractivity contribution is 4.97. The third-order valence-electron chi connectivity index (χ3n) is 3.33. The maximum atomic E-state index is 9.89. The summed E-state index contributed by atoms with van der Waals surface area (Å²) in [5.41, 5.74) is 12.0. The van der Waals surface area contributed by atoms with Crippen molar-refractivity contribution < 1.29 is 5.11 Å². The Morgan fingerprint density at radius 1 is 1.38 bits per heavy atom. The number of aliphatic hydroxyl groups excluding tert-OH is 1. The van der Waals surface area contributed by atoms with E-state index in [0.717, 1.165) is 6.42 Å². The zero-order chi connectivity index (χ0) is 10.2. The summed E-state index contributed by atoms with van der Waals surface area (Å²) in [7, 11) is 0. The van der Waals surface area contributed by atoms with Crippen LogP contribution >= 0.6 is 0 Å². The maximum absolute atomic E-state index is 9.89. The van der Waals surface area contributed by atoms with Crippen LogP contribution in [0.15, 0.2) is 0 Å². The zero-order valence-electron chi connectivity index (χ0n) is 8.77. The number of hydrogen-bond acceptors (Lipinski definition) is 3. The van der Waals surface area contributed by atoms with Crippen molar-refractivity contribution in [2.75, 3.05) is 0 Å². The van der Waals surface area contributed by atoms with Crippen molar-refractivity contribution in [2.24, 2.45) is 29.2 Å². The topological polar surface area (TPSA) is 72.3 Å². The monoisotopic (exact) mass is 186 g/mol. The highest BCUT2D eigenvalue weighted by Gasteiger charge is 2.42. The molecule has 1 fully saturated rings. The number of rotatable bonds is 2. The largest absolute Gasteiger partial charge is 0.392 e. The summed E-state index contributed by atoms with van der Waals surface area (Å²) in [6, 6.07) is 0.0948. The van der Waals surface area contributed by atoms with Gasteiger partial charge in [-0.2, -0.15) is 0 Å². The number of hydrogen-bond donors (Lipinski definition) is 3. The molecule has 0 radical (unpaired) electrons. The third-order valence-corrected chi connectivity index (χ3v) is 3.33. The van der Waals surface area contributed by atoms with Gasteiger partial charge in [0.1, 0.15) is 0 Å². The SMILES string of the molecule is CC(C)C(N)C1C(N)CC(C)C1O. The van der Waals surface area contributed by atoms with Crippen LogP contribution in [0.4, 0.5) is 0 Å². The molecule has 1 saturated carbocycles. The van der Waals surface area contributed by atoms with Crippen molar-refractivity contribution in [3.63, 3.8) is 0 Å². The molecule has 0 amide bonds. The first-order chi connectivity index (χ1) is 5.95. The fraction of sp³-hybridized carbons (Fsp3) is 1.00. The highest BCUT2D eigenvalue weighted by Crippen LogP contribution is 2.33. The van der Waals surface area contributed by atoms with Gasteiger partial charge >= 0.3 is 0 Å². The van der Waals surface area contributed by atoms with E-state index < -0.39 is 0 Å². The number of nitrogens with two attached hydrogens (primary N) is 2. The molecule has 0 saturated heterocycles. The van der Waals surface area contributed by atoms with Crippen molar-refractivity contribution in [1.82, 2.24) is 0 Å². The van der Waals surface area contributed by atoms with Crippen LogP contribution in [-0.2, 0) is 0 Å². The quantitative estimate of drug-likeness (QED) is 0.581. The predicted molar refractivity (Wildman–Crippen MR) is 54.1 cm³/mol. The van der Waals surface area contributed by atoms with Crippen LogP contribution in [0, 0.1) is 17.8 Å². The molecule has 5 unspecified atom stereocenters. The van der Waals surface area contributed by atoms with E-state index in [1.807, 2.05) is 6.92 Å². The number of aliphatic hydroxyl groups is 1. The van der Waals surface area contributed by atoms with Crippen LogP contribution in [0.1, 0.15) is 27.2 Å². The van der Waals surface area contributed by atoms with Crippen molar-refractivity contribution in [3.05, 3.63) is 0 Å². The molecule has 1 aliphatic carbocycles.